The number of nitrogens with one attached hydrogen (secondary N) is 1. The van der Waals surface area contributed by atoms with Crippen LogP contribution in [0, 0.1) is 5.92 Å². The van der Waals surface area contributed by atoms with E-state index >= 15 is 0 Å². The maximum absolute atomic E-state index is 11.7. The fourth-order valence-electron chi connectivity index (χ4n) is 2.02. The van der Waals surface area contributed by atoms with E-state index in [9.17, 15) is 4.79 Å². The standard InChI is InChI=1S/C11H17N3O2/c1-4-16-10(15)8-9(13-14-12-8)11(2,3)7-5-6-7/h7H,4-6H2,1-3H3,(H,12,13,14). The first-order valence-electron chi connectivity index (χ1n) is 5.65. The molecule has 16 heavy (non-hydrogen) atoms. The Morgan fingerprint density at radius 1 is 1.50 bits per heavy atom. The van der Waals surface area contributed by atoms with Crippen LogP contribution >= 0.6 is 0 Å². The molecule has 0 saturated heterocycles. The van der Waals surface area contributed by atoms with Crippen LogP contribution in [0.2, 0.25) is 0 Å². The summed E-state index contributed by atoms with van der Waals surface area (Å²) in [6, 6.07) is 0. The number of ether oxygens (including phenoxy) is 1. The summed E-state index contributed by atoms with van der Waals surface area (Å²) in [4.78, 5) is 11.7. The number of H-pyrrole nitrogens is 1. The summed E-state index contributed by atoms with van der Waals surface area (Å²) in [6.45, 7) is 6.34. The smallest absolute Gasteiger partial charge is 0.360 e. The molecule has 0 aliphatic heterocycles. The van der Waals surface area contributed by atoms with E-state index in [0.29, 0.717) is 18.2 Å². The van der Waals surface area contributed by atoms with Gasteiger partial charge in [-0.1, -0.05) is 13.8 Å². The van der Waals surface area contributed by atoms with E-state index in [2.05, 4.69) is 29.3 Å². The molecule has 88 valence electrons. The van der Waals surface area contributed by atoms with Crippen molar-refractivity contribution in [1.29, 1.82) is 0 Å². The lowest BCUT2D eigenvalue weighted by atomic mass is 9.83. The first kappa shape index (κ1) is 11.1. The average molecular weight is 223 g/mol. The van der Waals surface area contributed by atoms with Gasteiger partial charge in [0, 0.05) is 5.41 Å². The monoisotopic (exact) mass is 223 g/mol. The highest BCUT2D eigenvalue weighted by Crippen LogP contribution is 2.46. The molecule has 1 aromatic heterocycles. The number of hydrogen-bond acceptors (Lipinski definition) is 4. The van der Waals surface area contributed by atoms with Gasteiger partial charge in [-0.2, -0.15) is 10.3 Å². The second-order valence-corrected chi connectivity index (χ2v) is 4.74. The summed E-state index contributed by atoms with van der Waals surface area (Å²) in [5.74, 6) is 0.214. The van der Waals surface area contributed by atoms with Gasteiger partial charge in [-0.15, -0.1) is 5.10 Å². The fourth-order valence-corrected chi connectivity index (χ4v) is 2.02. The van der Waals surface area contributed by atoms with Gasteiger partial charge >= 0.3 is 5.97 Å². The highest BCUT2D eigenvalue weighted by atomic mass is 16.5. The molecule has 0 radical (unpaired) electrons. The first-order valence-corrected chi connectivity index (χ1v) is 5.65. The Kier molecular flexibility index (Phi) is 2.69. The molecule has 5 nitrogen and oxygen atoms in total. The van der Waals surface area contributed by atoms with Crippen LogP contribution in [-0.4, -0.2) is 28.0 Å². The number of esters is 1. The van der Waals surface area contributed by atoms with E-state index in [1.807, 2.05) is 0 Å². The van der Waals surface area contributed by atoms with E-state index in [0.717, 1.165) is 5.69 Å². The van der Waals surface area contributed by atoms with Gasteiger partial charge < -0.3 is 4.74 Å². The Morgan fingerprint density at radius 2 is 2.19 bits per heavy atom. The summed E-state index contributed by atoms with van der Waals surface area (Å²) >= 11 is 0. The highest BCUT2D eigenvalue weighted by molar-refractivity contribution is 5.88. The van der Waals surface area contributed by atoms with Crippen molar-refractivity contribution >= 4 is 5.97 Å². The average Bonchev–Trinajstić information content (AvgIpc) is 2.96. The molecule has 1 fully saturated rings. The van der Waals surface area contributed by atoms with Gasteiger partial charge in [0.25, 0.3) is 0 Å². The van der Waals surface area contributed by atoms with E-state index in [4.69, 9.17) is 4.74 Å². The molecule has 5 heteroatoms. The van der Waals surface area contributed by atoms with Crippen LogP contribution in [-0.2, 0) is 10.2 Å². The normalized spacial score (nSPS) is 16.2. The number of carbonyl (C=O) groups is 1. The number of hydrogen-bond donors (Lipinski definition) is 1. The molecule has 0 atom stereocenters. The maximum atomic E-state index is 11.7. The molecule has 0 aromatic carbocycles. The summed E-state index contributed by atoms with van der Waals surface area (Å²) in [6.07, 6.45) is 2.39. The zero-order valence-electron chi connectivity index (χ0n) is 9.91. The third kappa shape index (κ3) is 1.81. The summed E-state index contributed by atoms with van der Waals surface area (Å²) in [7, 11) is 0. The molecule has 1 heterocycles. The number of aromatic nitrogens is 3. The zero-order chi connectivity index (χ0) is 11.8. The second kappa shape index (κ2) is 3.88. The molecule has 2 rings (SSSR count). The molecule has 0 bridgehead atoms. The van der Waals surface area contributed by atoms with E-state index in [1.165, 1.54) is 12.8 Å². The number of aromatic amines is 1. The molecule has 0 spiro atoms. The van der Waals surface area contributed by atoms with E-state index < -0.39 is 0 Å². The Hall–Kier alpha value is -1.39. The molecule has 1 N–H and O–H groups in total. The van der Waals surface area contributed by atoms with Crippen LogP contribution in [0.15, 0.2) is 0 Å². The second-order valence-electron chi connectivity index (χ2n) is 4.74. The molecule has 1 aliphatic rings. The molecular formula is C11H17N3O2. The van der Waals surface area contributed by atoms with E-state index in [1.54, 1.807) is 6.92 Å². The van der Waals surface area contributed by atoms with Crippen molar-refractivity contribution in [1.82, 2.24) is 15.4 Å². The molecule has 1 aliphatic carbocycles. The number of rotatable bonds is 4. The van der Waals surface area contributed by atoms with Gasteiger partial charge in [0.15, 0.2) is 5.69 Å². The van der Waals surface area contributed by atoms with Crippen LogP contribution in [0.1, 0.15) is 49.8 Å². The van der Waals surface area contributed by atoms with E-state index in [-0.39, 0.29) is 11.4 Å². The quantitative estimate of drug-likeness (QED) is 0.788. The van der Waals surface area contributed by atoms with Crippen molar-refractivity contribution in [2.24, 2.45) is 5.92 Å². The van der Waals surface area contributed by atoms with Crippen LogP contribution in [0.3, 0.4) is 0 Å². The molecular weight excluding hydrogens is 206 g/mol. The van der Waals surface area contributed by atoms with Crippen molar-refractivity contribution in [3.8, 4) is 0 Å². The third-order valence-electron chi connectivity index (χ3n) is 3.22. The Balaban J connectivity index is 2.27. The first-order chi connectivity index (χ1) is 7.57. The van der Waals surface area contributed by atoms with Crippen molar-refractivity contribution in [2.45, 2.75) is 39.0 Å². The largest absolute Gasteiger partial charge is 0.461 e. The lowest BCUT2D eigenvalue weighted by Gasteiger charge is -2.21. The fraction of sp³-hybridized carbons (Fsp3) is 0.727. The predicted molar refractivity (Wildman–Crippen MR) is 58.1 cm³/mol. The maximum Gasteiger partial charge on any atom is 0.360 e. The lowest BCUT2D eigenvalue weighted by molar-refractivity contribution is 0.0516. The Morgan fingerprint density at radius 3 is 2.75 bits per heavy atom. The molecule has 1 aromatic rings. The molecule has 0 amide bonds. The van der Waals surface area contributed by atoms with Crippen molar-refractivity contribution in [2.75, 3.05) is 6.61 Å². The van der Waals surface area contributed by atoms with Crippen molar-refractivity contribution in [3.05, 3.63) is 11.4 Å². The molecule has 1 saturated carbocycles. The van der Waals surface area contributed by atoms with Crippen LogP contribution in [0.4, 0.5) is 0 Å². The summed E-state index contributed by atoms with van der Waals surface area (Å²) < 4.78 is 4.96. The van der Waals surface area contributed by atoms with Crippen LogP contribution in [0.5, 0.6) is 0 Å². The Bertz CT molecular complexity index is 394. The topological polar surface area (TPSA) is 67.9 Å². The van der Waals surface area contributed by atoms with Crippen LogP contribution in [0.25, 0.3) is 0 Å². The SMILES string of the molecule is CCOC(=O)c1n[nH]nc1C(C)(C)C1CC1. The zero-order valence-corrected chi connectivity index (χ0v) is 9.91. The number of nitrogens with zero attached hydrogens (tertiary/aromatic N) is 2. The third-order valence-corrected chi connectivity index (χ3v) is 3.22. The minimum atomic E-state index is -0.389. The summed E-state index contributed by atoms with van der Waals surface area (Å²) in [5, 5.41) is 10.5. The lowest BCUT2D eigenvalue weighted by Crippen LogP contribution is -2.24. The van der Waals surface area contributed by atoms with Gasteiger partial charge in [-0.3, -0.25) is 0 Å². The van der Waals surface area contributed by atoms with Gasteiger partial charge in [0.1, 0.15) is 5.69 Å². The van der Waals surface area contributed by atoms with Gasteiger partial charge in [-0.25, -0.2) is 4.79 Å². The van der Waals surface area contributed by atoms with Gasteiger partial charge in [-0.05, 0) is 25.7 Å². The van der Waals surface area contributed by atoms with Gasteiger partial charge in [0.05, 0.1) is 6.61 Å². The number of carbonyl (C=O) groups excluding carboxylic acids is 1. The molecule has 0 unspecified atom stereocenters. The van der Waals surface area contributed by atoms with Crippen LogP contribution < -0.4 is 0 Å². The van der Waals surface area contributed by atoms with Crippen molar-refractivity contribution in [3.63, 3.8) is 0 Å². The van der Waals surface area contributed by atoms with Gasteiger partial charge in [0.2, 0.25) is 0 Å². The van der Waals surface area contributed by atoms with Crippen molar-refractivity contribution < 1.29 is 9.53 Å². The minimum Gasteiger partial charge on any atom is -0.461 e. The summed E-state index contributed by atoms with van der Waals surface area (Å²) in [5.41, 5.74) is 0.960. The predicted octanol–water partition coefficient (Wildman–Crippen LogP) is 1.67. The minimum absolute atomic E-state index is 0.102. The highest BCUT2D eigenvalue weighted by Gasteiger charge is 2.43. The Labute approximate surface area is 94.6 Å².